The van der Waals surface area contributed by atoms with E-state index in [1.165, 1.54) is 0 Å². The van der Waals surface area contributed by atoms with Crippen LogP contribution in [0.3, 0.4) is 0 Å². The van der Waals surface area contributed by atoms with Crippen LogP contribution in [0.25, 0.3) is 11.1 Å². The molecule has 190 valence electrons. The van der Waals surface area contributed by atoms with Crippen molar-refractivity contribution >= 4 is 0 Å². The molecule has 3 aromatic rings. The third-order valence-electron chi connectivity index (χ3n) is 6.56. The summed E-state index contributed by atoms with van der Waals surface area (Å²) in [5.74, 6) is -10.8. The van der Waals surface area contributed by atoms with Gasteiger partial charge in [0.05, 0.1) is 13.2 Å². The summed E-state index contributed by atoms with van der Waals surface area (Å²) in [7, 11) is 0. The molecule has 0 N–H and O–H groups in total. The Balaban J connectivity index is 1.40. The van der Waals surface area contributed by atoms with E-state index in [4.69, 9.17) is 9.47 Å². The molecule has 3 heterocycles. The Hall–Kier alpha value is -3.11. The fourth-order valence-corrected chi connectivity index (χ4v) is 4.46. The summed E-state index contributed by atoms with van der Waals surface area (Å²) < 4.78 is 114. The lowest BCUT2D eigenvalue weighted by Gasteiger charge is -2.51. The third kappa shape index (κ3) is 4.22. The average Bonchev–Trinajstić information content (AvgIpc) is 2.82. The first-order chi connectivity index (χ1) is 16.9. The topological polar surface area (TPSA) is 27.7 Å². The number of benzene rings is 3. The predicted molar refractivity (Wildman–Crippen MR) is 114 cm³/mol. The van der Waals surface area contributed by atoms with Crippen molar-refractivity contribution in [2.24, 2.45) is 5.41 Å². The molecule has 3 aromatic carbocycles. The van der Waals surface area contributed by atoms with Crippen molar-refractivity contribution in [1.82, 2.24) is 0 Å². The van der Waals surface area contributed by atoms with Crippen LogP contribution < -0.4 is 4.74 Å². The normalized spacial score (nSPS) is 23.7. The first kappa shape index (κ1) is 24.6. The van der Waals surface area contributed by atoms with E-state index >= 15 is 0 Å². The molecule has 0 saturated carbocycles. The first-order valence-corrected chi connectivity index (χ1v) is 11.0. The highest BCUT2D eigenvalue weighted by atomic mass is 19.3. The third-order valence-corrected chi connectivity index (χ3v) is 6.56. The second-order valence-corrected chi connectivity index (χ2v) is 9.35. The van der Waals surface area contributed by atoms with Crippen molar-refractivity contribution in [2.75, 3.05) is 13.2 Å². The largest absolute Gasteiger partial charge is 0.432 e. The van der Waals surface area contributed by atoms with Crippen LogP contribution >= 0.6 is 0 Å². The van der Waals surface area contributed by atoms with Gasteiger partial charge >= 0.3 is 6.11 Å². The predicted octanol–water partition coefficient (Wildman–Crippen LogP) is 7.18. The Morgan fingerprint density at radius 3 is 1.81 bits per heavy atom. The van der Waals surface area contributed by atoms with E-state index in [0.29, 0.717) is 37.3 Å². The van der Waals surface area contributed by atoms with Crippen molar-refractivity contribution in [3.8, 4) is 16.9 Å². The van der Waals surface area contributed by atoms with E-state index in [1.54, 1.807) is 24.3 Å². The van der Waals surface area contributed by atoms with E-state index in [2.05, 4.69) is 11.7 Å². The molecule has 2 bridgehead atoms. The quantitative estimate of drug-likeness (QED) is 0.268. The minimum Gasteiger partial charge on any atom is -0.429 e. The molecule has 3 saturated heterocycles. The molecule has 3 aliphatic rings. The van der Waals surface area contributed by atoms with Gasteiger partial charge in [-0.15, -0.1) is 0 Å². The highest BCUT2D eigenvalue weighted by molar-refractivity contribution is 5.64. The molecule has 0 aromatic heterocycles. The zero-order valence-corrected chi connectivity index (χ0v) is 18.8. The molecule has 0 atom stereocenters. The summed E-state index contributed by atoms with van der Waals surface area (Å²) in [6, 6.07) is 8.15. The Kier molecular flexibility index (Phi) is 5.79. The van der Waals surface area contributed by atoms with Crippen LogP contribution in [-0.2, 0) is 21.4 Å². The molecule has 0 aliphatic carbocycles. The van der Waals surface area contributed by atoms with Gasteiger partial charge < -0.3 is 14.2 Å². The average molecular weight is 512 g/mol. The van der Waals surface area contributed by atoms with Crippen molar-refractivity contribution in [1.29, 1.82) is 0 Å². The molecule has 0 unspecified atom stereocenters. The maximum Gasteiger partial charge on any atom is 0.432 e. The highest BCUT2D eigenvalue weighted by Crippen LogP contribution is 2.49. The number of alkyl halides is 2. The molecule has 10 heteroatoms. The van der Waals surface area contributed by atoms with Gasteiger partial charge in [0.2, 0.25) is 0 Å². The summed E-state index contributed by atoms with van der Waals surface area (Å²) in [5.41, 5.74) is -0.758. The van der Waals surface area contributed by atoms with Gasteiger partial charge in [-0.3, -0.25) is 0 Å². The van der Waals surface area contributed by atoms with Gasteiger partial charge in [0.25, 0.3) is 0 Å². The summed E-state index contributed by atoms with van der Waals surface area (Å²) >= 11 is 0. The van der Waals surface area contributed by atoms with Crippen LogP contribution in [0, 0.1) is 34.5 Å². The van der Waals surface area contributed by atoms with E-state index < -0.39 is 52.3 Å². The van der Waals surface area contributed by atoms with Gasteiger partial charge in [0.1, 0.15) is 22.9 Å². The molecular weight excluding hydrogens is 493 g/mol. The van der Waals surface area contributed by atoms with Crippen LogP contribution in [-0.4, -0.2) is 13.2 Å². The molecule has 3 nitrogen and oxygen atoms in total. The molecular formula is C26H19F7O3. The number of halogens is 7. The minimum atomic E-state index is -4.66. The van der Waals surface area contributed by atoms with E-state index in [0.717, 1.165) is 12.0 Å². The summed E-state index contributed by atoms with van der Waals surface area (Å²) in [5, 5.41) is 0. The fraction of sp³-hybridized carbons (Fsp3) is 0.308. The van der Waals surface area contributed by atoms with Gasteiger partial charge in [0.15, 0.2) is 23.2 Å². The molecule has 3 fully saturated rings. The van der Waals surface area contributed by atoms with Crippen molar-refractivity contribution in [3.63, 3.8) is 0 Å². The summed E-state index contributed by atoms with van der Waals surface area (Å²) in [6.45, 7) is 3.16. The van der Waals surface area contributed by atoms with Gasteiger partial charge in [-0.2, -0.15) is 8.78 Å². The number of rotatable bonds is 5. The lowest BCUT2D eigenvalue weighted by Crippen LogP contribution is -2.52. The number of hydrogen-bond acceptors (Lipinski definition) is 3. The van der Waals surface area contributed by atoms with E-state index in [9.17, 15) is 30.7 Å². The van der Waals surface area contributed by atoms with E-state index in [-0.39, 0.29) is 23.1 Å². The number of hydrogen-bond donors (Lipinski definition) is 0. The van der Waals surface area contributed by atoms with Crippen molar-refractivity contribution < 1.29 is 44.9 Å². The highest BCUT2D eigenvalue weighted by Gasteiger charge is 2.49. The zero-order chi connectivity index (χ0) is 25.9. The second kappa shape index (κ2) is 8.48. The van der Waals surface area contributed by atoms with Gasteiger partial charge in [-0.25, -0.2) is 22.0 Å². The van der Waals surface area contributed by atoms with Gasteiger partial charge in [-0.1, -0.05) is 31.2 Å². The fourth-order valence-electron chi connectivity index (χ4n) is 4.46. The van der Waals surface area contributed by atoms with Crippen molar-refractivity contribution in [2.45, 2.75) is 31.7 Å². The molecule has 0 radical (unpaired) electrons. The van der Waals surface area contributed by atoms with Crippen LogP contribution in [0.1, 0.15) is 30.9 Å². The molecule has 6 rings (SSSR count). The Bertz CT molecular complexity index is 1250. The zero-order valence-electron chi connectivity index (χ0n) is 18.8. The first-order valence-electron chi connectivity index (χ1n) is 11.0. The van der Waals surface area contributed by atoms with Crippen LogP contribution in [0.4, 0.5) is 30.7 Å². The number of fused-ring (bicyclic) bond motifs is 3. The Morgan fingerprint density at radius 2 is 1.31 bits per heavy atom. The maximum atomic E-state index is 14.7. The Labute approximate surface area is 201 Å². The lowest BCUT2D eigenvalue weighted by atomic mass is 9.78. The molecule has 0 spiro atoms. The van der Waals surface area contributed by atoms with Gasteiger partial charge in [0, 0.05) is 29.5 Å². The minimum absolute atomic E-state index is 0.0245. The Morgan fingerprint density at radius 1 is 0.750 bits per heavy atom. The molecule has 0 amide bonds. The van der Waals surface area contributed by atoms with Crippen LogP contribution in [0.5, 0.6) is 5.75 Å². The summed E-state index contributed by atoms with van der Waals surface area (Å²) in [6.07, 6.45) is -3.09. The molecule has 3 aliphatic heterocycles. The SMILES string of the molecule is CC12CCC(c3ccc(-c4cc(F)c(C(F)(F)Oc5cc(F)c(F)c(F)c5)c(F)c4)cc3)(OC1)OC2. The second-order valence-electron chi connectivity index (χ2n) is 9.35. The lowest BCUT2D eigenvalue weighted by molar-refractivity contribution is -0.346. The standard InChI is InChI=1S/C26H19F7O3/c1-24-6-7-25(34-12-24,35-13-24)16-4-2-14(3-5-16)15-8-18(27)22(19(28)9-15)26(32,33)36-17-10-20(29)23(31)21(30)11-17/h2-5,8-11H,6-7,12-13H2,1H3. The van der Waals surface area contributed by atoms with Crippen LogP contribution in [0.15, 0.2) is 48.5 Å². The monoisotopic (exact) mass is 512 g/mol. The van der Waals surface area contributed by atoms with E-state index in [1.807, 2.05) is 0 Å². The smallest absolute Gasteiger partial charge is 0.429 e. The van der Waals surface area contributed by atoms with Gasteiger partial charge in [-0.05, 0) is 29.7 Å². The number of ether oxygens (including phenoxy) is 3. The summed E-state index contributed by atoms with van der Waals surface area (Å²) in [4.78, 5) is 0. The van der Waals surface area contributed by atoms with Crippen LogP contribution in [0.2, 0.25) is 0 Å². The molecule has 36 heavy (non-hydrogen) atoms. The maximum absolute atomic E-state index is 14.7. The van der Waals surface area contributed by atoms with Crippen molar-refractivity contribution in [3.05, 3.63) is 88.7 Å².